The molecule has 4 bridgehead atoms. The summed E-state index contributed by atoms with van der Waals surface area (Å²) in [7, 11) is 0. The molecule has 7 heteroatoms. The zero-order valence-corrected chi connectivity index (χ0v) is 14.0. The van der Waals surface area contributed by atoms with Crippen LogP contribution in [0.1, 0.15) is 36.4 Å². The first kappa shape index (κ1) is 16.8. The lowest BCUT2D eigenvalue weighted by Gasteiger charge is -2.33. The summed E-state index contributed by atoms with van der Waals surface area (Å²) in [6, 6.07) is 8.65. The minimum atomic E-state index is -1.23. The zero-order chi connectivity index (χ0) is 17.2. The second kappa shape index (κ2) is 7.27. The molecule has 6 nitrogen and oxygen atoms in total. The quantitative estimate of drug-likeness (QED) is 0.668. The summed E-state index contributed by atoms with van der Waals surface area (Å²) in [6.45, 7) is 0.0784. The Bertz CT molecular complexity index is 629. The minimum absolute atomic E-state index is 0.00160. The minimum Gasteiger partial charge on any atom is -0.445 e. The molecule has 4 rings (SSSR count). The molecule has 5 atom stereocenters. The number of hydrogen-bond acceptors (Lipinski definition) is 5. The SMILES string of the molecule is O=C1NC[C@H](F)COC2CCC3NNC(c4cccc(c4)CO1)C3C2. The van der Waals surface area contributed by atoms with Crippen molar-refractivity contribution in [1.82, 2.24) is 16.2 Å². The maximum atomic E-state index is 14.0. The molecule has 1 saturated carbocycles. The Kier molecular flexibility index (Phi) is 4.87. The van der Waals surface area contributed by atoms with Crippen LogP contribution in [0.5, 0.6) is 0 Å². The van der Waals surface area contributed by atoms with Crippen molar-refractivity contribution in [2.75, 3.05) is 13.2 Å². The largest absolute Gasteiger partial charge is 0.445 e. The van der Waals surface area contributed by atoms with Crippen LogP contribution in [-0.2, 0) is 16.1 Å². The summed E-state index contributed by atoms with van der Waals surface area (Å²) < 4.78 is 24.9. The molecule has 1 aliphatic carbocycles. The molecule has 0 aromatic heterocycles. The maximum absolute atomic E-state index is 14.0. The van der Waals surface area contributed by atoms with E-state index in [9.17, 15) is 9.18 Å². The fourth-order valence-corrected chi connectivity index (χ4v) is 4.07. The van der Waals surface area contributed by atoms with E-state index in [0.29, 0.717) is 12.0 Å². The van der Waals surface area contributed by atoms with Crippen molar-refractivity contribution in [1.29, 1.82) is 0 Å². The first-order chi connectivity index (χ1) is 12.2. The lowest BCUT2D eigenvalue weighted by Crippen LogP contribution is -2.39. The van der Waals surface area contributed by atoms with Crippen molar-refractivity contribution >= 4 is 6.09 Å². The van der Waals surface area contributed by atoms with Crippen LogP contribution in [0.25, 0.3) is 0 Å². The van der Waals surface area contributed by atoms with E-state index in [1.54, 1.807) is 0 Å². The standard InChI is InChI=1S/C18H24FN3O3/c19-13-8-20-18(23)25-9-11-2-1-3-12(6-11)17-15-7-14(24-10-13)4-5-16(15)21-22-17/h1-3,6,13-17,21-22H,4-5,7-10H2,(H,20,23)/t13-,14?,15?,16?,17?/m0/s1. The normalized spacial score (nSPS) is 35.9. The predicted octanol–water partition coefficient (Wildman–Crippen LogP) is 1.97. The van der Waals surface area contributed by atoms with Crippen LogP contribution < -0.4 is 16.2 Å². The summed E-state index contributed by atoms with van der Waals surface area (Å²) in [5.74, 6) is 0.401. The van der Waals surface area contributed by atoms with Crippen molar-refractivity contribution in [3.63, 3.8) is 0 Å². The molecule has 1 aromatic rings. The fourth-order valence-electron chi connectivity index (χ4n) is 4.07. The molecule has 0 spiro atoms. The fraction of sp³-hybridized carbons (Fsp3) is 0.611. The van der Waals surface area contributed by atoms with Crippen LogP contribution in [-0.4, -0.2) is 37.6 Å². The average molecular weight is 349 g/mol. The molecule has 1 amide bonds. The molecule has 2 fully saturated rings. The number of alkyl halides is 1. The van der Waals surface area contributed by atoms with Crippen LogP contribution in [0.15, 0.2) is 24.3 Å². The third-order valence-electron chi connectivity index (χ3n) is 5.36. The molecule has 2 heterocycles. The molecule has 3 aliphatic rings. The molecule has 1 aromatic carbocycles. The number of fused-ring (bicyclic) bond motifs is 4. The van der Waals surface area contributed by atoms with Crippen LogP contribution in [0.3, 0.4) is 0 Å². The molecular formula is C18H24FN3O3. The Morgan fingerprint density at radius 2 is 2.12 bits per heavy atom. The lowest BCUT2D eigenvalue weighted by atomic mass is 9.78. The van der Waals surface area contributed by atoms with Gasteiger partial charge in [0.2, 0.25) is 0 Å². The van der Waals surface area contributed by atoms with Crippen molar-refractivity contribution in [3.05, 3.63) is 35.4 Å². The summed E-state index contributed by atoms with van der Waals surface area (Å²) in [6.07, 6.45) is 1.05. The van der Waals surface area contributed by atoms with E-state index in [1.807, 2.05) is 12.1 Å². The third-order valence-corrected chi connectivity index (χ3v) is 5.36. The van der Waals surface area contributed by atoms with Gasteiger partial charge in [-0.15, -0.1) is 0 Å². The Hall–Kier alpha value is -1.70. The van der Waals surface area contributed by atoms with E-state index in [2.05, 4.69) is 28.3 Å². The van der Waals surface area contributed by atoms with Crippen molar-refractivity contribution in [2.45, 2.75) is 50.2 Å². The van der Waals surface area contributed by atoms with E-state index in [1.165, 1.54) is 5.56 Å². The molecule has 2 aliphatic heterocycles. The number of hydrogen-bond donors (Lipinski definition) is 3. The number of alkyl carbamates (subject to hydrolysis) is 1. The van der Waals surface area contributed by atoms with Gasteiger partial charge in [0.25, 0.3) is 0 Å². The first-order valence-corrected chi connectivity index (χ1v) is 8.95. The Morgan fingerprint density at radius 1 is 1.20 bits per heavy atom. The molecule has 0 radical (unpaired) electrons. The number of rotatable bonds is 0. The Morgan fingerprint density at radius 3 is 3.04 bits per heavy atom. The molecule has 136 valence electrons. The number of hydrazine groups is 1. The zero-order valence-electron chi connectivity index (χ0n) is 14.0. The van der Waals surface area contributed by atoms with E-state index in [4.69, 9.17) is 9.47 Å². The van der Waals surface area contributed by atoms with Crippen molar-refractivity contribution in [2.24, 2.45) is 5.92 Å². The highest BCUT2D eigenvalue weighted by molar-refractivity contribution is 5.67. The average Bonchev–Trinajstić information content (AvgIpc) is 3.06. The summed E-state index contributed by atoms with van der Waals surface area (Å²) in [5.41, 5.74) is 8.89. The van der Waals surface area contributed by atoms with Gasteiger partial charge in [-0.2, -0.15) is 0 Å². The number of benzene rings is 1. The molecular weight excluding hydrogens is 325 g/mol. The number of halogens is 1. The van der Waals surface area contributed by atoms with Gasteiger partial charge in [0.1, 0.15) is 12.8 Å². The molecule has 3 N–H and O–H groups in total. The van der Waals surface area contributed by atoms with E-state index in [0.717, 1.165) is 24.8 Å². The van der Waals surface area contributed by atoms with E-state index < -0.39 is 12.3 Å². The van der Waals surface area contributed by atoms with Gasteiger partial charge < -0.3 is 14.8 Å². The Labute approximate surface area is 146 Å². The topological polar surface area (TPSA) is 71.6 Å². The molecule has 1 saturated heterocycles. The highest BCUT2D eigenvalue weighted by Crippen LogP contribution is 2.39. The van der Waals surface area contributed by atoms with Gasteiger partial charge in [-0.1, -0.05) is 24.3 Å². The maximum Gasteiger partial charge on any atom is 0.407 e. The van der Waals surface area contributed by atoms with Crippen LogP contribution in [0.2, 0.25) is 0 Å². The van der Waals surface area contributed by atoms with Crippen molar-refractivity contribution in [3.8, 4) is 0 Å². The number of carbonyl (C=O) groups is 1. The van der Waals surface area contributed by atoms with E-state index in [-0.39, 0.29) is 31.9 Å². The van der Waals surface area contributed by atoms with Gasteiger partial charge in [-0.05, 0) is 36.3 Å². The monoisotopic (exact) mass is 349 g/mol. The number of amides is 1. The number of nitrogens with one attached hydrogen (secondary N) is 3. The summed E-state index contributed by atoms with van der Waals surface area (Å²) in [4.78, 5) is 11.7. The Balaban J connectivity index is 1.58. The van der Waals surface area contributed by atoms with Gasteiger partial charge in [0, 0.05) is 6.04 Å². The summed E-state index contributed by atoms with van der Waals surface area (Å²) >= 11 is 0. The van der Waals surface area contributed by atoms with Crippen LogP contribution in [0.4, 0.5) is 9.18 Å². The van der Waals surface area contributed by atoms with Crippen molar-refractivity contribution < 1.29 is 18.7 Å². The van der Waals surface area contributed by atoms with Gasteiger partial charge in [0.05, 0.1) is 25.3 Å². The van der Waals surface area contributed by atoms with Gasteiger partial charge in [0.15, 0.2) is 0 Å². The number of carbonyl (C=O) groups excluding carboxylic acids is 1. The second-order valence-electron chi connectivity index (χ2n) is 7.10. The number of ether oxygens (including phenoxy) is 2. The van der Waals surface area contributed by atoms with Crippen LogP contribution in [0, 0.1) is 5.92 Å². The third kappa shape index (κ3) is 3.78. The van der Waals surface area contributed by atoms with Crippen LogP contribution >= 0.6 is 0 Å². The lowest BCUT2D eigenvalue weighted by molar-refractivity contribution is -0.0157. The summed E-state index contributed by atoms with van der Waals surface area (Å²) in [5, 5.41) is 2.45. The molecule has 4 unspecified atom stereocenters. The van der Waals surface area contributed by atoms with E-state index >= 15 is 0 Å². The first-order valence-electron chi connectivity index (χ1n) is 8.95. The number of cyclic esters (lactones) is 1. The predicted molar refractivity (Wildman–Crippen MR) is 89.4 cm³/mol. The van der Waals surface area contributed by atoms with Gasteiger partial charge in [-0.3, -0.25) is 5.43 Å². The van der Waals surface area contributed by atoms with Gasteiger partial charge >= 0.3 is 6.09 Å². The highest BCUT2D eigenvalue weighted by Gasteiger charge is 2.41. The van der Waals surface area contributed by atoms with Gasteiger partial charge in [-0.25, -0.2) is 14.6 Å². The second-order valence-corrected chi connectivity index (χ2v) is 7.10. The smallest absolute Gasteiger partial charge is 0.407 e. The molecule has 25 heavy (non-hydrogen) atoms. The highest BCUT2D eigenvalue weighted by atomic mass is 19.1.